The molecule has 0 radical (unpaired) electrons. The van der Waals surface area contributed by atoms with Crippen molar-refractivity contribution in [3.8, 4) is 11.8 Å². The van der Waals surface area contributed by atoms with E-state index in [9.17, 15) is 14.9 Å². The Morgan fingerprint density at radius 2 is 2.03 bits per heavy atom. The third-order valence-electron chi connectivity index (χ3n) is 4.50. The normalized spacial score (nSPS) is 16.2. The largest absolute Gasteiger partial charge is 0.489 e. The van der Waals surface area contributed by atoms with Gasteiger partial charge in [-0.1, -0.05) is 42.8 Å². The quantitative estimate of drug-likeness (QED) is 0.560. The first-order valence-electron chi connectivity index (χ1n) is 9.12. The highest BCUT2D eigenvalue weighted by atomic mass is 35.5. The fourth-order valence-corrected chi connectivity index (χ4v) is 3.80. The summed E-state index contributed by atoms with van der Waals surface area (Å²) < 4.78 is 5.75. The molecule has 1 saturated heterocycles. The van der Waals surface area contributed by atoms with Crippen LogP contribution in [0.3, 0.4) is 0 Å². The number of nitrogens with zero attached hydrogens (tertiary/aromatic N) is 2. The molecule has 0 N–H and O–H groups in total. The Labute approximate surface area is 178 Å². The zero-order chi connectivity index (χ0) is 21.0. The lowest BCUT2D eigenvalue weighted by Gasteiger charge is -2.14. The molecule has 0 aromatic heterocycles. The van der Waals surface area contributed by atoms with E-state index < -0.39 is 0 Å². The fraction of sp³-hybridized carbons (Fsp3) is 0.227. The highest BCUT2D eigenvalue weighted by molar-refractivity contribution is 8.18. The van der Waals surface area contributed by atoms with Gasteiger partial charge in [0, 0.05) is 0 Å². The van der Waals surface area contributed by atoms with Crippen molar-refractivity contribution in [2.75, 3.05) is 0 Å². The Kier molecular flexibility index (Phi) is 6.63. The SMILES string of the molecule is CC[C@H](C)Oc1ccc(/C=C2/SC(=O)N(Cc3ccccc3C#N)C2=O)cc1Cl. The van der Waals surface area contributed by atoms with Crippen molar-refractivity contribution >= 4 is 40.6 Å². The van der Waals surface area contributed by atoms with Crippen molar-refractivity contribution in [1.29, 1.82) is 5.26 Å². The van der Waals surface area contributed by atoms with Gasteiger partial charge >= 0.3 is 0 Å². The molecule has 0 bridgehead atoms. The first kappa shape index (κ1) is 21.0. The van der Waals surface area contributed by atoms with Crippen molar-refractivity contribution in [2.24, 2.45) is 0 Å². The smallest absolute Gasteiger partial charge is 0.293 e. The summed E-state index contributed by atoms with van der Waals surface area (Å²) in [6, 6.07) is 14.3. The van der Waals surface area contributed by atoms with E-state index in [4.69, 9.17) is 16.3 Å². The van der Waals surface area contributed by atoms with Crippen LogP contribution in [0.2, 0.25) is 5.02 Å². The summed E-state index contributed by atoms with van der Waals surface area (Å²) in [4.78, 5) is 26.6. The molecular weight excluding hydrogens is 408 g/mol. The molecule has 1 fully saturated rings. The second-order valence-corrected chi connectivity index (χ2v) is 7.96. The molecule has 1 atom stereocenters. The summed E-state index contributed by atoms with van der Waals surface area (Å²) in [6.45, 7) is 4.05. The summed E-state index contributed by atoms with van der Waals surface area (Å²) in [7, 11) is 0. The van der Waals surface area contributed by atoms with Gasteiger partial charge in [0.2, 0.25) is 0 Å². The maximum Gasteiger partial charge on any atom is 0.293 e. The molecule has 2 aromatic carbocycles. The van der Waals surface area contributed by atoms with E-state index in [2.05, 4.69) is 6.07 Å². The van der Waals surface area contributed by atoms with Crippen molar-refractivity contribution in [2.45, 2.75) is 32.9 Å². The van der Waals surface area contributed by atoms with E-state index in [0.717, 1.165) is 23.1 Å². The highest BCUT2D eigenvalue weighted by Crippen LogP contribution is 2.35. The van der Waals surface area contributed by atoms with Crippen LogP contribution >= 0.6 is 23.4 Å². The summed E-state index contributed by atoms with van der Waals surface area (Å²) in [5.74, 6) is 0.197. The third-order valence-corrected chi connectivity index (χ3v) is 5.70. The Morgan fingerprint density at radius 1 is 1.28 bits per heavy atom. The number of rotatable bonds is 6. The van der Waals surface area contributed by atoms with E-state index in [1.165, 1.54) is 0 Å². The average molecular weight is 427 g/mol. The molecule has 1 aliphatic rings. The van der Waals surface area contributed by atoms with E-state index in [1.807, 2.05) is 13.8 Å². The molecule has 0 aliphatic carbocycles. The molecule has 7 heteroatoms. The first-order chi connectivity index (χ1) is 13.9. The summed E-state index contributed by atoms with van der Waals surface area (Å²) in [5.41, 5.74) is 1.78. The highest BCUT2D eigenvalue weighted by Gasteiger charge is 2.35. The third kappa shape index (κ3) is 4.81. The van der Waals surface area contributed by atoms with Crippen molar-refractivity contribution in [3.63, 3.8) is 0 Å². The number of imide groups is 1. The molecule has 0 spiro atoms. The number of thioether (sulfide) groups is 1. The number of carbonyl (C=O) groups excluding carboxylic acids is 2. The monoisotopic (exact) mass is 426 g/mol. The van der Waals surface area contributed by atoms with Gasteiger partial charge in [0.05, 0.1) is 34.2 Å². The van der Waals surface area contributed by atoms with Crippen LogP contribution in [-0.2, 0) is 11.3 Å². The van der Waals surface area contributed by atoms with Gasteiger partial charge in [-0.2, -0.15) is 5.26 Å². The molecule has 148 valence electrons. The van der Waals surface area contributed by atoms with Crippen molar-refractivity contribution < 1.29 is 14.3 Å². The second kappa shape index (κ2) is 9.17. The number of hydrogen-bond donors (Lipinski definition) is 0. The lowest BCUT2D eigenvalue weighted by Crippen LogP contribution is -2.27. The number of hydrogen-bond acceptors (Lipinski definition) is 5. The van der Waals surface area contributed by atoms with Crippen molar-refractivity contribution in [3.05, 3.63) is 69.1 Å². The van der Waals surface area contributed by atoms with E-state index in [1.54, 1.807) is 48.5 Å². The number of halogens is 1. The van der Waals surface area contributed by atoms with Crippen LogP contribution in [0.5, 0.6) is 5.75 Å². The van der Waals surface area contributed by atoms with Crippen LogP contribution in [0.1, 0.15) is 37.0 Å². The molecule has 2 amide bonds. The van der Waals surface area contributed by atoms with Crippen LogP contribution in [0.4, 0.5) is 4.79 Å². The number of ether oxygens (including phenoxy) is 1. The average Bonchev–Trinajstić information content (AvgIpc) is 2.97. The minimum absolute atomic E-state index is 0.0473. The first-order valence-corrected chi connectivity index (χ1v) is 10.3. The number of benzene rings is 2. The lowest BCUT2D eigenvalue weighted by molar-refractivity contribution is -0.123. The van der Waals surface area contributed by atoms with Gasteiger partial charge in [0.15, 0.2) is 0 Å². The van der Waals surface area contributed by atoms with Crippen molar-refractivity contribution in [1.82, 2.24) is 4.90 Å². The lowest BCUT2D eigenvalue weighted by atomic mass is 10.1. The summed E-state index contributed by atoms with van der Waals surface area (Å²) in [5, 5.41) is 9.29. The van der Waals surface area contributed by atoms with Gasteiger partial charge in [0.25, 0.3) is 11.1 Å². The molecule has 2 aromatic rings. The van der Waals surface area contributed by atoms with E-state index >= 15 is 0 Å². The topological polar surface area (TPSA) is 70.4 Å². The zero-order valence-corrected chi connectivity index (χ0v) is 17.6. The van der Waals surface area contributed by atoms with Gasteiger partial charge in [-0.25, -0.2) is 0 Å². The van der Waals surface area contributed by atoms with Crippen LogP contribution in [0, 0.1) is 11.3 Å². The van der Waals surface area contributed by atoms with Gasteiger partial charge in [0.1, 0.15) is 5.75 Å². The standard InChI is InChI=1S/C22H19ClN2O3S/c1-3-14(2)28-19-9-8-15(10-18(19)23)11-20-21(26)25(22(27)29-20)13-17-7-5-4-6-16(17)12-24/h4-11,14H,3,13H2,1-2H3/b20-11+/t14-/m0/s1. The second-order valence-electron chi connectivity index (χ2n) is 6.56. The molecule has 3 rings (SSSR count). The molecule has 29 heavy (non-hydrogen) atoms. The summed E-state index contributed by atoms with van der Waals surface area (Å²) >= 11 is 7.17. The minimum atomic E-state index is -0.385. The predicted octanol–water partition coefficient (Wildman–Crippen LogP) is 5.63. The van der Waals surface area contributed by atoms with Gasteiger partial charge in [-0.05, 0) is 60.5 Å². The van der Waals surface area contributed by atoms with Crippen LogP contribution in [0.15, 0.2) is 47.4 Å². The molecular formula is C22H19ClN2O3S. The molecule has 1 heterocycles. The Morgan fingerprint density at radius 3 is 2.72 bits per heavy atom. The van der Waals surface area contributed by atoms with Gasteiger partial charge in [-0.3, -0.25) is 14.5 Å². The van der Waals surface area contributed by atoms with Gasteiger partial charge in [-0.15, -0.1) is 0 Å². The van der Waals surface area contributed by atoms with E-state index in [-0.39, 0.29) is 23.8 Å². The fourth-order valence-electron chi connectivity index (χ4n) is 2.73. The maximum atomic E-state index is 12.7. The molecule has 5 nitrogen and oxygen atoms in total. The molecule has 1 aliphatic heterocycles. The maximum absolute atomic E-state index is 12.7. The Bertz CT molecular complexity index is 1030. The molecule has 0 unspecified atom stereocenters. The van der Waals surface area contributed by atoms with Gasteiger partial charge < -0.3 is 4.74 Å². The minimum Gasteiger partial charge on any atom is -0.489 e. The number of carbonyl (C=O) groups is 2. The van der Waals surface area contributed by atoms with Crippen LogP contribution < -0.4 is 4.74 Å². The summed E-state index contributed by atoms with van der Waals surface area (Å²) in [6.07, 6.45) is 2.55. The predicted molar refractivity (Wildman–Crippen MR) is 115 cm³/mol. The molecule has 0 saturated carbocycles. The Hall–Kier alpha value is -2.75. The number of nitriles is 1. The van der Waals surface area contributed by atoms with Crippen LogP contribution in [-0.4, -0.2) is 22.2 Å². The Balaban J connectivity index is 1.79. The zero-order valence-electron chi connectivity index (χ0n) is 16.0. The number of amides is 2. The van der Waals surface area contributed by atoms with Crippen LogP contribution in [0.25, 0.3) is 6.08 Å². The van der Waals surface area contributed by atoms with E-state index in [0.29, 0.717) is 32.4 Å².